The van der Waals surface area contributed by atoms with Crippen molar-refractivity contribution in [3.05, 3.63) is 77.0 Å². The van der Waals surface area contributed by atoms with E-state index in [2.05, 4.69) is 65.6 Å². The van der Waals surface area contributed by atoms with Gasteiger partial charge in [-0.15, -0.1) is 6.58 Å². The quantitative estimate of drug-likeness (QED) is 0.234. The number of nitrogens with one attached hydrogen (secondary N) is 1. The number of ether oxygens (including phenoxy) is 3. The van der Waals surface area contributed by atoms with Gasteiger partial charge in [-0.25, -0.2) is 0 Å². The zero-order valence-corrected chi connectivity index (χ0v) is 31.6. The van der Waals surface area contributed by atoms with E-state index in [1.807, 2.05) is 12.1 Å². The van der Waals surface area contributed by atoms with Gasteiger partial charge in [0.25, 0.3) is 0 Å². The maximum atomic E-state index is 13.5. The Kier molecular flexibility index (Phi) is 8.35. The standard InChI is InChI=1S/C23H26N2O4.C21H27NO2/c1-27-16-8-14-15(9-17(16)28-2)25-20(26)10-18-21-13-7-19-23(14,22(21)25)4-5-24(19)11-12(13)3-6-29-18;1-4-8-15-11-12-21(6-3,13-17(23)24)20-18(15)16-10-7-9-14(5-2)19(16)22-20/h3,8-9,13,18-19,21-22H,4-7,10-11H2,1-2H3;4,7,9-10,15,22H,1,5-6,8,11-13H2,2-3H3,(H,23,24)/t13-,18-,19-,21-,22-,23+;15-,21-/m00/s1. The summed E-state index contributed by atoms with van der Waals surface area (Å²) >= 11 is 0. The topological polar surface area (TPSA) is 104 Å². The molecule has 3 aromatic rings. The minimum Gasteiger partial charge on any atom is -0.493 e. The van der Waals surface area contributed by atoms with Crippen molar-refractivity contribution in [3.63, 3.8) is 0 Å². The van der Waals surface area contributed by atoms with E-state index in [1.165, 1.54) is 39.7 Å². The summed E-state index contributed by atoms with van der Waals surface area (Å²) in [5.41, 5.74) is 8.59. The van der Waals surface area contributed by atoms with Crippen molar-refractivity contribution in [1.29, 1.82) is 0 Å². The number of aryl methyl sites for hydroxylation is 1. The van der Waals surface area contributed by atoms with E-state index < -0.39 is 5.97 Å². The van der Waals surface area contributed by atoms with Gasteiger partial charge in [0.2, 0.25) is 5.91 Å². The summed E-state index contributed by atoms with van der Waals surface area (Å²) < 4.78 is 17.6. The molecule has 1 saturated carbocycles. The number of carboxylic acids is 1. The van der Waals surface area contributed by atoms with E-state index in [-0.39, 0.29) is 35.3 Å². The number of amides is 1. The van der Waals surface area contributed by atoms with Crippen LogP contribution in [0.15, 0.2) is 54.6 Å². The summed E-state index contributed by atoms with van der Waals surface area (Å²) in [6.07, 6.45) is 12.0. The lowest BCUT2D eigenvalue weighted by atomic mass is 9.53. The van der Waals surface area contributed by atoms with Gasteiger partial charge in [-0.05, 0) is 86.1 Å². The maximum Gasteiger partial charge on any atom is 0.304 e. The number of aromatic nitrogens is 1. The molecule has 10 rings (SSSR count). The number of hydrogen-bond acceptors (Lipinski definition) is 6. The Labute approximate surface area is 312 Å². The molecule has 7 aliphatic rings. The zero-order valence-electron chi connectivity index (χ0n) is 31.6. The first-order chi connectivity index (χ1) is 25.7. The van der Waals surface area contributed by atoms with Crippen molar-refractivity contribution in [2.75, 3.05) is 38.8 Å². The molecule has 9 heteroatoms. The van der Waals surface area contributed by atoms with Gasteiger partial charge < -0.3 is 29.2 Å². The van der Waals surface area contributed by atoms with Crippen LogP contribution in [0.2, 0.25) is 0 Å². The Bertz CT molecular complexity index is 2030. The van der Waals surface area contributed by atoms with Crippen molar-refractivity contribution in [2.45, 2.75) is 107 Å². The Balaban J connectivity index is 0.000000144. The molecule has 2 aliphatic carbocycles. The molecule has 0 radical (unpaired) electrons. The van der Waals surface area contributed by atoms with Gasteiger partial charge in [0.15, 0.2) is 11.5 Å². The van der Waals surface area contributed by atoms with Crippen LogP contribution in [0.5, 0.6) is 11.5 Å². The number of carboxylic acid groups (broad SMARTS) is 1. The summed E-state index contributed by atoms with van der Waals surface area (Å²) in [7, 11) is 3.36. The van der Waals surface area contributed by atoms with Crippen molar-refractivity contribution < 1.29 is 28.9 Å². The Morgan fingerprint density at radius 1 is 1.17 bits per heavy atom. The molecule has 280 valence electrons. The molecular weight excluding hydrogens is 666 g/mol. The van der Waals surface area contributed by atoms with Gasteiger partial charge in [-0.2, -0.15) is 0 Å². The molecule has 0 unspecified atom stereocenters. The number of nitrogens with zero attached hydrogens (tertiary/aromatic N) is 2. The molecule has 1 amide bonds. The fourth-order valence-electron chi connectivity index (χ4n) is 12.4. The highest BCUT2D eigenvalue weighted by Crippen LogP contribution is 2.66. The number of para-hydroxylation sites is 1. The van der Waals surface area contributed by atoms with E-state index in [1.54, 1.807) is 19.8 Å². The zero-order chi connectivity index (χ0) is 36.8. The molecule has 5 aliphatic heterocycles. The lowest BCUT2D eigenvalue weighted by Crippen LogP contribution is -2.69. The van der Waals surface area contributed by atoms with Crippen molar-refractivity contribution in [3.8, 4) is 11.5 Å². The summed E-state index contributed by atoms with van der Waals surface area (Å²) in [6, 6.07) is 11.3. The van der Waals surface area contributed by atoms with E-state index >= 15 is 0 Å². The Hall–Kier alpha value is -4.08. The number of methoxy groups -OCH3 is 2. The maximum absolute atomic E-state index is 13.5. The van der Waals surface area contributed by atoms with Crippen LogP contribution in [0.1, 0.15) is 93.5 Å². The third-order valence-corrected chi connectivity index (χ3v) is 14.7. The molecule has 4 fully saturated rings. The number of carbonyl (C=O) groups is 2. The second kappa shape index (κ2) is 12.8. The number of carbonyl (C=O) groups excluding carboxylic acids is 1. The van der Waals surface area contributed by atoms with Crippen molar-refractivity contribution in [2.24, 2.45) is 11.8 Å². The molecule has 1 spiro atoms. The number of anilines is 1. The Morgan fingerprint density at radius 2 is 1.98 bits per heavy atom. The van der Waals surface area contributed by atoms with Crippen LogP contribution in [-0.4, -0.2) is 79.0 Å². The van der Waals surface area contributed by atoms with Gasteiger partial charge >= 0.3 is 5.97 Å². The Morgan fingerprint density at radius 3 is 2.72 bits per heavy atom. The number of hydrogen-bond donors (Lipinski definition) is 2. The van der Waals surface area contributed by atoms with Crippen LogP contribution < -0.4 is 14.4 Å². The molecule has 53 heavy (non-hydrogen) atoms. The number of benzene rings is 2. The van der Waals surface area contributed by atoms with Crippen LogP contribution in [-0.2, 0) is 31.6 Å². The number of fused-ring (bicyclic) bond motifs is 5. The first kappa shape index (κ1) is 34.7. The predicted molar refractivity (Wildman–Crippen MR) is 205 cm³/mol. The molecular formula is C44H53N3O6. The second-order valence-electron chi connectivity index (χ2n) is 16.6. The number of allylic oxidation sites excluding steroid dienone is 1. The normalized spacial score (nSPS) is 32.9. The van der Waals surface area contributed by atoms with Crippen LogP contribution in [0, 0.1) is 11.8 Å². The fourth-order valence-corrected chi connectivity index (χ4v) is 12.4. The second-order valence-corrected chi connectivity index (χ2v) is 16.6. The average Bonchev–Trinajstić information content (AvgIpc) is 3.80. The highest BCUT2D eigenvalue weighted by atomic mass is 16.5. The predicted octanol–water partition coefficient (Wildman–Crippen LogP) is 7.42. The summed E-state index contributed by atoms with van der Waals surface area (Å²) in [6.45, 7) is 11.0. The van der Waals surface area contributed by atoms with Crippen LogP contribution in [0.4, 0.5) is 5.69 Å². The number of aliphatic carboxylic acids is 1. The van der Waals surface area contributed by atoms with E-state index in [4.69, 9.17) is 14.2 Å². The van der Waals surface area contributed by atoms with Crippen molar-refractivity contribution >= 4 is 28.5 Å². The summed E-state index contributed by atoms with van der Waals surface area (Å²) in [4.78, 5) is 33.5. The molecule has 8 atom stereocenters. The van der Waals surface area contributed by atoms with E-state index in [0.717, 1.165) is 63.1 Å². The van der Waals surface area contributed by atoms with Gasteiger partial charge in [0.05, 0.1) is 51.5 Å². The summed E-state index contributed by atoms with van der Waals surface area (Å²) in [5.74, 6) is 2.30. The molecule has 9 nitrogen and oxygen atoms in total. The molecule has 2 bridgehead atoms. The van der Waals surface area contributed by atoms with Crippen molar-refractivity contribution in [1.82, 2.24) is 9.88 Å². The highest BCUT2D eigenvalue weighted by Gasteiger charge is 2.71. The first-order valence-corrected chi connectivity index (χ1v) is 19.8. The van der Waals surface area contributed by atoms with Crippen LogP contribution >= 0.6 is 0 Å². The van der Waals surface area contributed by atoms with Gasteiger partial charge in [0, 0.05) is 52.0 Å². The number of H-pyrrole nitrogens is 1. The van der Waals surface area contributed by atoms with E-state index in [0.29, 0.717) is 42.6 Å². The molecule has 3 saturated heterocycles. The summed E-state index contributed by atoms with van der Waals surface area (Å²) in [5, 5.41) is 10.8. The number of piperidine rings is 2. The number of aromatic amines is 1. The third kappa shape index (κ3) is 4.81. The molecule has 2 aromatic carbocycles. The van der Waals surface area contributed by atoms with E-state index in [9.17, 15) is 14.7 Å². The third-order valence-electron chi connectivity index (χ3n) is 14.7. The van der Waals surface area contributed by atoms with Gasteiger partial charge in [0.1, 0.15) is 0 Å². The highest BCUT2D eigenvalue weighted by molar-refractivity contribution is 6.00. The SMILES string of the molecule is C=CC[C@H]1CC[C@@](CC)(CC(=O)O)c2[nH]c3c(CC)cccc3c21.COc1cc2c(cc1OC)[C@@]13CCN4CC5=CCO[C@H]6CC(=O)N2[C@H]1[C@H]6[C@H]5C[C@H]43. The number of rotatable bonds is 8. The van der Waals surface area contributed by atoms with Gasteiger partial charge in [-0.3, -0.25) is 14.5 Å². The molecule has 1 aromatic heterocycles. The fraction of sp³-hybridized carbons (Fsp3) is 0.545. The molecule has 6 heterocycles. The smallest absolute Gasteiger partial charge is 0.304 e. The first-order valence-electron chi connectivity index (χ1n) is 19.8. The van der Waals surface area contributed by atoms with Crippen LogP contribution in [0.3, 0.4) is 0 Å². The lowest BCUT2D eigenvalue weighted by molar-refractivity contribution is -0.139. The largest absolute Gasteiger partial charge is 0.493 e. The van der Waals surface area contributed by atoms with Crippen LogP contribution in [0.25, 0.3) is 10.9 Å². The lowest BCUT2D eigenvalue weighted by Gasteiger charge is -2.58. The minimum atomic E-state index is -0.709. The minimum absolute atomic E-state index is 0.0242. The van der Waals surface area contributed by atoms with Gasteiger partial charge in [-0.1, -0.05) is 49.8 Å². The molecule has 2 N–H and O–H groups in total. The average molecular weight is 720 g/mol. The monoisotopic (exact) mass is 719 g/mol.